The van der Waals surface area contributed by atoms with E-state index in [1.165, 1.54) is 11.3 Å². The molecule has 28 heavy (non-hydrogen) atoms. The highest BCUT2D eigenvalue weighted by molar-refractivity contribution is 7.13. The van der Waals surface area contributed by atoms with Crippen LogP contribution in [0.2, 0.25) is 0 Å². The van der Waals surface area contributed by atoms with Gasteiger partial charge in [-0.05, 0) is 37.3 Å². The van der Waals surface area contributed by atoms with Crippen LogP contribution in [-0.4, -0.2) is 24.7 Å². The van der Waals surface area contributed by atoms with Gasteiger partial charge >= 0.3 is 5.97 Å². The van der Waals surface area contributed by atoms with E-state index in [4.69, 9.17) is 14.2 Å². The van der Waals surface area contributed by atoms with Crippen molar-refractivity contribution in [2.45, 2.75) is 13.5 Å². The minimum atomic E-state index is -0.967. The molecule has 0 atom stereocenters. The molecule has 2 aromatic carbocycles. The van der Waals surface area contributed by atoms with Crippen LogP contribution in [0.5, 0.6) is 11.5 Å². The summed E-state index contributed by atoms with van der Waals surface area (Å²) in [5.41, 5.74) is 1.02. The van der Waals surface area contributed by atoms with Crippen molar-refractivity contribution in [3.05, 3.63) is 64.7 Å². The van der Waals surface area contributed by atoms with Crippen molar-refractivity contribution in [3.63, 3.8) is 0 Å². The van der Waals surface area contributed by atoms with E-state index in [2.05, 4.69) is 4.98 Å². The van der Waals surface area contributed by atoms with Crippen LogP contribution in [0.4, 0.5) is 8.78 Å². The molecule has 0 N–H and O–H groups in total. The first-order valence-electron chi connectivity index (χ1n) is 8.39. The monoisotopic (exact) mass is 405 g/mol. The lowest BCUT2D eigenvalue weighted by atomic mass is 10.2. The van der Waals surface area contributed by atoms with E-state index in [0.717, 1.165) is 17.7 Å². The molecule has 0 fully saturated rings. The van der Waals surface area contributed by atoms with Crippen LogP contribution in [0.1, 0.15) is 23.0 Å². The van der Waals surface area contributed by atoms with E-state index >= 15 is 0 Å². The Labute approximate surface area is 164 Å². The van der Waals surface area contributed by atoms with Crippen LogP contribution in [-0.2, 0) is 11.3 Å². The number of methoxy groups -OCH3 is 1. The summed E-state index contributed by atoms with van der Waals surface area (Å²) in [5.74, 6) is -1.38. The van der Waals surface area contributed by atoms with Crippen LogP contribution < -0.4 is 9.47 Å². The van der Waals surface area contributed by atoms with Crippen molar-refractivity contribution in [1.82, 2.24) is 4.98 Å². The number of halogens is 2. The fourth-order valence-electron chi connectivity index (χ4n) is 2.45. The number of carbonyl (C=O) groups excluding carboxylic acids is 1. The lowest BCUT2D eigenvalue weighted by Gasteiger charge is -2.09. The number of aromatic nitrogens is 1. The van der Waals surface area contributed by atoms with Gasteiger partial charge in [-0.15, -0.1) is 11.3 Å². The van der Waals surface area contributed by atoms with Gasteiger partial charge in [-0.3, -0.25) is 0 Å². The highest BCUT2D eigenvalue weighted by Gasteiger charge is 2.15. The zero-order valence-corrected chi connectivity index (χ0v) is 16.0. The predicted octanol–water partition coefficient (Wildman–Crippen LogP) is 4.85. The van der Waals surface area contributed by atoms with Crippen molar-refractivity contribution < 1.29 is 27.8 Å². The van der Waals surface area contributed by atoms with Crippen molar-refractivity contribution in [3.8, 4) is 22.1 Å². The number of hydrogen-bond donors (Lipinski definition) is 0. The molecular formula is C20H17F2NO4S. The van der Waals surface area contributed by atoms with E-state index in [0.29, 0.717) is 34.9 Å². The summed E-state index contributed by atoms with van der Waals surface area (Å²) < 4.78 is 42.5. The summed E-state index contributed by atoms with van der Waals surface area (Å²) in [6.07, 6.45) is 0. The number of nitrogens with zero attached hydrogens (tertiary/aromatic N) is 1. The second-order valence-electron chi connectivity index (χ2n) is 5.64. The average Bonchev–Trinajstić information content (AvgIpc) is 3.15. The molecule has 0 unspecified atom stereocenters. The maximum absolute atomic E-state index is 13.6. The lowest BCUT2D eigenvalue weighted by molar-refractivity contribution is 0.0463. The third kappa shape index (κ3) is 4.45. The first-order valence-corrected chi connectivity index (χ1v) is 9.27. The van der Waals surface area contributed by atoms with E-state index in [9.17, 15) is 13.6 Å². The molecule has 5 nitrogen and oxygen atoms in total. The smallest absolute Gasteiger partial charge is 0.341 e. The Hall–Kier alpha value is -3.00. The van der Waals surface area contributed by atoms with Crippen molar-refractivity contribution in [1.29, 1.82) is 0 Å². The summed E-state index contributed by atoms with van der Waals surface area (Å²) in [4.78, 5) is 16.4. The molecule has 146 valence electrons. The van der Waals surface area contributed by atoms with Crippen LogP contribution >= 0.6 is 11.3 Å². The van der Waals surface area contributed by atoms with Crippen molar-refractivity contribution in [2.24, 2.45) is 0 Å². The normalized spacial score (nSPS) is 10.6. The second-order valence-corrected chi connectivity index (χ2v) is 6.50. The molecule has 3 aromatic rings. The molecule has 8 heteroatoms. The first kappa shape index (κ1) is 19.8. The van der Waals surface area contributed by atoms with E-state index in [-0.39, 0.29) is 12.2 Å². The number of esters is 1. The standard InChI is InChI=1S/C20H17F2NO4S/c1-3-26-17-7-4-12(8-18(17)25-2)19-23-14(11-28-19)10-27-20(24)15-6-5-13(21)9-16(15)22/h4-9,11H,3,10H2,1-2H3. The minimum Gasteiger partial charge on any atom is -0.493 e. The number of thiazole rings is 1. The van der Waals surface area contributed by atoms with Gasteiger partial charge < -0.3 is 14.2 Å². The lowest BCUT2D eigenvalue weighted by Crippen LogP contribution is -2.08. The van der Waals surface area contributed by atoms with Crippen molar-refractivity contribution in [2.75, 3.05) is 13.7 Å². The minimum absolute atomic E-state index is 0.125. The van der Waals surface area contributed by atoms with Crippen LogP contribution in [0.25, 0.3) is 10.6 Å². The summed E-state index contributed by atoms with van der Waals surface area (Å²) >= 11 is 1.37. The zero-order chi connectivity index (χ0) is 20.1. The van der Waals surface area contributed by atoms with E-state index < -0.39 is 17.6 Å². The number of carbonyl (C=O) groups is 1. The Kier molecular flexibility index (Phi) is 6.20. The van der Waals surface area contributed by atoms with Crippen molar-refractivity contribution >= 4 is 17.3 Å². The fraction of sp³-hybridized carbons (Fsp3) is 0.200. The SMILES string of the molecule is CCOc1ccc(-c2nc(COC(=O)c3ccc(F)cc3F)cs2)cc1OC. The second kappa shape index (κ2) is 8.79. The van der Waals surface area contributed by atoms with Gasteiger partial charge in [-0.1, -0.05) is 0 Å². The molecule has 1 aromatic heterocycles. The summed E-state index contributed by atoms with van der Waals surface area (Å²) in [6.45, 7) is 2.29. The maximum Gasteiger partial charge on any atom is 0.341 e. The molecular weight excluding hydrogens is 388 g/mol. The van der Waals surface area contributed by atoms with Gasteiger partial charge in [-0.25, -0.2) is 18.6 Å². The molecule has 3 rings (SSSR count). The Bertz CT molecular complexity index is 990. The topological polar surface area (TPSA) is 57.7 Å². The molecule has 0 aliphatic heterocycles. The molecule has 0 aliphatic rings. The van der Waals surface area contributed by atoms with Gasteiger partial charge in [0.2, 0.25) is 0 Å². The molecule has 0 saturated carbocycles. The van der Waals surface area contributed by atoms with Gasteiger partial charge in [0, 0.05) is 17.0 Å². The van der Waals surface area contributed by atoms with Gasteiger partial charge in [-0.2, -0.15) is 0 Å². The summed E-state index contributed by atoms with van der Waals surface area (Å²) in [7, 11) is 1.56. The van der Waals surface area contributed by atoms with Gasteiger partial charge in [0.25, 0.3) is 0 Å². The van der Waals surface area contributed by atoms with Gasteiger partial charge in [0.05, 0.1) is 25.0 Å². The quantitative estimate of drug-likeness (QED) is 0.526. The fourth-order valence-corrected chi connectivity index (χ4v) is 3.25. The number of rotatable bonds is 7. The number of hydrogen-bond acceptors (Lipinski definition) is 6. The Morgan fingerprint density at radius 3 is 2.68 bits per heavy atom. The van der Waals surface area contributed by atoms with E-state index in [1.807, 2.05) is 19.1 Å². The molecule has 0 bridgehead atoms. The average molecular weight is 405 g/mol. The number of ether oxygens (including phenoxy) is 3. The predicted molar refractivity (Wildman–Crippen MR) is 101 cm³/mol. The molecule has 1 heterocycles. The van der Waals surface area contributed by atoms with Crippen LogP contribution in [0, 0.1) is 11.6 Å². The van der Waals surface area contributed by atoms with Gasteiger partial charge in [0.15, 0.2) is 11.5 Å². The Morgan fingerprint density at radius 1 is 1.14 bits per heavy atom. The summed E-state index contributed by atoms with van der Waals surface area (Å²) in [6, 6.07) is 8.15. The number of benzene rings is 2. The van der Waals surface area contributed by atoms with Crippen LogP contribution in [0.3, 0.4) is 0 Å². The largest absolute Gasteiger partial charge is 0.493 e. The van der Waals surface area contributed by atoms with E-state index in [1.54, 1.807) is 18.6 Å². The maximum atomic E-state index is 13.6. The molecule has 0 amide bonds. The van der Waals surface area contributed by atoms with Crippen LogP contribution in [0.15, 0.2) is 41.8 Å². The molecule has 0 aliphatic carbocycles. The zero-order valence-electron chi connectivity index (χ0n) is 15.2. The molecule has 0 spiro atoms. The molecule has 0 saturated heterocycles. The Morgan fingerprint density at radius 2 is 1.96 bits per heavy atom. The third-order valence-corrected chi connectivity index (χ3v) is 4.70. The highest BCUT2D eigenvalue weighted by Crippen LogP contribution is 2.33. The summed E-state index contributed by atoms with van der Waals surface area (Å²) in [5, 5.41) is 2.45. The first-order chi connectivity index (χ1) is 13.5. The molecule has 0 radical (unpaired) electrons. The highest BCUT2D eigenvalue weighted by atomic mass is 32.1. The van der Waals surface area contributed by atoms with Gasteiger partial charge in [0.1, 0.15) is 23.2 Å². The Balaban J connectivity index is 1.69. The third-order valence-electron chi connectivity index (χ3n) is 3.76.